The number of amides is 2. The number of hydrogen-bond donors (Lipinski definition) is 4. The minimum Gasteiger partial charge on any atom is -0.509 e. The lowest BCUT2D eigenvalue weighted by Crippen LogP contribution is -2.27. The number of nitrogens with one attached hydrogen (secondary N) is 2. The van der Waals surface area contributed by atoms with Crippen molar-refractivity contribution in [2.75, 3.05) is 39.5 Å². The lowest BCUT2D eigenvalue weighted by atomic mass is 10.1. The molecule has 33 heavy (non-hydrogen) atoms. The highest BCUT2D eigenvalue weighted by molar-refractivity contribution is 5.79. The molecule has 182 valence electrons. The topological polar surface area (TPSA) is 117 Å². The van der Waals surface area contributed by atoms with Crippen LogP contribution >= 0.6 is 0 Å². The maximum atomic E-state index is 11.9. The maximum Gasteiger partial charge on any atom is 0.224 e. The lowest BCUT2D eigenvalue weighted by molar-refractivity contribution is -0.121. The van der Waals surface area contributed by atoms with Gasteiger partial charge in [-0.25, -0.2) is 0 Å². The summed E-state index contributed by atoms with van der Waals surface area (Å²) in [6.45, 7) is 8.27. The number of aliphatic hydroxyl groups excluding tert-OH is 1. The first-order valence-corrected chi connectivity index (χ1v) is 11.1. The number of ether oxygens (including phenoxy) is 2. The van der Waals surface area contributed by atoms with Crippen molar-refractivity contribution in [1.29, 1.82) is 0 Å². The van der Waals surface area contributed by atoms with E-state index in [9.17, 15) is 14.7 Å². The third-order valence-corrected chi connectivity index (χ3v) is 4.47. The molecule has 0 aromatic heterocycles. The molecule has 0 unspecified atom stereocenters. The van der Waals surface area contributed by atoms with E-state index in [0.29, 0.717) is 52.4 Å². The van der Waals surface area contributed by atoms with E-state index in [1.54, 1.807) is 30.3 Å². The van der Waals surface area contributed by atoms with Gasteiger partial charge < -0.3 is 30.3 Å². The predicted octanol–water partition coefficient (Wildman–Crippen LogP) is 2.94. The molecular weight excluding hydrogens is 424 g/mol. The number of rotatable bonds is 17. The molecular formula is C25H36N2O6. The Morgan fingerprint density at radius 3 is 2.06 bits per heavy atom. The van der Waals surface area contributed by atoms with Crippen LogP contribution in [0.5, 0.6) is 5.75 Å². The number of allylic oxidation sites excluding steroid dienone is 3. The SMILES string of the molecule is C=C(O)/C=C\C(=C/C)CC(=O)NCCCOCCOCCCNC(=O)Cc1ccc(O)cc1. The highest BCUT2D eigenvalue weighted by Gasteiger charge is 2.04. The van der Waals surface area contributed by atoms with Crippen molar-refractivity contribution in [3.63, 3.8) is 0 Å². The minimum absolute atomic E-state index is 0.0513. The van der Waals surface area contributed by atoms with E-state index in [-0.39, 0.29) is 36.2 Å². The first-order valence-electron chi connectivity index (χ1n) is 11.1. The number of hydrogen-bond acceptors (Lipinski definition) is 6. The number of carbonyl (C=O) groups is 2. The molecule has 0 heterocycles. The van der Waals surface area contributed by atoms with Crippen molar-refractivity contribution in [2.45, 2.75) is 32.6 Å². The van der Waals surface area contributed by atoms with Crippen LogP contribution < -0.4 is 10.6 Å². The Balaban J connectivity index is 1.92. The Bertz CT molecular complexity index is 787. The largest absolute Gasteiger partial charge is 0.509 e. The molecule has 8 nitrogen and oxygen atoms in total. The average Bonchev–Trinajstić information content (AvgIpc) is 2.78. The third-order valence-electron chi connectivity index (χ3n) is 4.47. The first kappa shape index (κ1) is 27.9. The van der Waals surface area contributed by atoms with Crippen LogP contribution in [-0.4, -0.2) is 61.5 Å². The van der Waals surface area contributed by atoms with Gasteiger partial charge in [0.1, 0.15) is 11.5 Å². The smallest absolute Gasteiger partial charge is 0.224 e. The van der Waals surface area contributed by atoms with Crippen LogP contribution in [0.3, 0.4) is 0 Å². The van der Waals surface area contributed by atoms with E-state index >= 15 is 0 Å². The Kier molecular flexibility index (Phi) is 14.8. The summed E-state index contributed by atoms with van der Waals surface area (Å²) in [7, 11) is 0. The van der Waals surface area contributed by atoms with Crippen molar-refractivity contribution in [3.8, 4) is 5.75 Å². The van der Waals surface area contributed by atoms with Crippen LogP contribution in [0.2, 0.25) is 0 Å². The second-order valence-electron chi connectivity index (χ2n) is 7.34. The summed E-state index contributed by atoms with van der Waals surface area (Å²) in [5.41, 5.74) is 1.65. The van der Waals surface area contributed by atoms with Gasteiger partial charge in [0.15, 0.2) is 0 Å². The number of aromatic hydroxyl groups is 1. The summed E-state index contributed by atoms with van der Waals surface area (Å²) in [5, 5.41) is 24.0. The molecule has 0 bridgehead atoms. The van der Waals surface area contributed by atoms with Crippen molar-refractivity contribution < 1.29 is 29.3 Å². The molecule has 2 amide bonds. The highest BCUT2D eigenvalue weighted by Crippen LogP contribution is 2.09. The van der Waals surface area contributed by atoms with E-state index in [1.807, 2.05) is 13.0 Å². The zero-order valence-electron chi connectivity index (χ0n) is 19.3. The average molecular weight is 461 g/mol. The molecule has 1 aromatic rings. The van der Waals surface area contributed by atoms with Gasteiger partial charge in [-0.3, -0.25) is 9.59 Å². The van der Waals surface area contributed by atoms with E-state index in [4.69, 9.17) is 14.6 Å². The molecule has 0 spiro atoms. The van der Waals surface area contributed by atoms with Gasteiger partial charge in [-0.1, -0.05) is 30.9 Å². The summed E-state index contributed by atoms with van der Waals surface area (Å²) in [5.74, 6) is -0.0216. The number of aliphatic hydroxyl groups is 1. The molecule has 0 saturated heterocycles. The Morgan fingerprint density at radius 1 is 0.939 bits per heavy atom. The van der Waals surface area contributed by atoms with Gasteiger partial charge in [-0.2, -0.15) is 0 Å². The van der Waals surface area contributed by atoms with Gasteiger partial charge in [0.25, 0.3) is 0 Å². The van der Waals surface area contributed by atoms with Crippen molar-refractivity contribution in [3.05, 3.63) is 66.0 Å². The highest BCUT2D eigenvalue weighted by atomic mass is 16.5. The van der Waals surface area contributed by atoms with E-state index in [0.717, 1.165) is 11.1 Å². The van der Waals surface area contributed by atoms with Crippen LogP contribution in [-0.2, 0) is 25.5 Å². The van der Waals surface area contributed by atoms with Crippen LogP contribution in [0.15, 0.2) is 60.4 Å². The molecule has 0 aliphatic carbocycles. The second-order valence-corrected chi connectivity index (χ2v) is 7.34. The van der Waals surface area contributed by atoms with Gasteiger partial charge in [0, 0.05) is 26.3 Å². The van der Waals surface area contributed by atoms with Gasteiger partial charge >= 0.3 is 0 Å². The summed E-state index contributed by atoms with van der Waals surface area (Å²) in [6, 6.07) is 6.57. The summed E-state index contributed by atoms with van der Waals surface area (Å²) in [4.78, 5) is 23.7. The van der Waals surface area contributed by atoms with Gasteiger partial charge in [0.05, 0.1) is 26.1 Å². The molecule has 0 saturated carbocycles. The van der Waals surface area contributed by atoms with Gasteiger partial charge in [-0.15, -0.1) is 0 Å². The van der Waals surface area contributed by atoms with Crippen LogP contribution in [0.4, 0.5) is 0 Å². The molecule has 4 N–H and O–H groups in total. The maximum absolute atomic E-state index is 11.9. The second kappa shape index (κ2) is 17.5. The fraction of sp³-hybridized carbons (Fsp3) is 0.440. The fourth-order valence-electron chi connectivity index (χ4n) is 2.70. The predicted molar refractivity (Wildman–Crippen MR) is 128 cm³/mol. The third kappa shape index (κ3) is 15.4. The molecule has 0 aliphatic heterocycles. The minimum atomic E-state index is -0.0882. The summed E-state index contributed by atoms with van der Waals surface area (Å²) in [6.07, 6.45) is 6.87. The molecule has 1 aromatic carbocycles. The van der Waals surface area contributed by atoms with Crippen LogP contribution in [0, 0.1) is 0 Å². The van der Waals surface area contributed by atoms with Crippen molar-refractivity contribution in [1.82, 2.24) is 10.6 Å². The Morgan fingerprint density at radius 2 is 1.52 bits per heavy atom. The van der Waals surface area contributed by atoms with E-state index in [1.165, 1.54) is 6.08 Å². The van der Waals surface area contributed by atoms with Gasteiger partial charge in [0.2, 0.25) is 11.8 Å². The molecule has 0 radical (unpaired) electrons. The molecule has 0 aliphatic rings. The Hall–Kier alpha value is -3.10. The molecule has 0 atom stereocenters. The first-order chi connectivity index (χ1) is 15.9. The van der Waals surface area contributed by atoms with Crippen LogP contribution in [0.1, 0.15) is 31.7 Å². The molecule has 8 heteroatoms. The van der Waals surface area contributed by atoms with Crippen LogP contribution in [0.25, 0.3) is 0 Å². The Labute approximate surface area is 196 Å². The number of benzene rings is 1. The van der Waals surface area contributed by atoms with Crippen molar-refractivity contribution in [2.24, 2.45) is 0 Å². The zero-order chi connectivity index (χ0) is 24.3. The summed E-state index contributed by atoms with van der Waals surface area (Å²) < 4.78 is 11.0. The summed E-state index contributed by atoms with van der Waals surface area (Å²) >= 11 is 0. The van der Waals surface area contributed by atoms with Crippen molar-refractivity contribution >= 4 is 11.8 Å². The normalized spacial score (nSPS) is 11.5. The zero-order valence-corrected chi connectivity index (χ0v) is 19.3. The van der Waals surface area contributed by atoms with E-state index in [2.05, 4.69) is 17.2 Å². The monoisotopic (exact) mass is 460 g/mol. The number of carbonyl (C=O) groups excluding carboxylic acids is 2. The molecule has 0 fully saturated rings. The molecule has 1 rings (SSSR count). The fourth-order valence-corrected chi connectivity index (χ4v) is 2.70. The quantitative estimate of drug-likeness (QED) is 0.161. The standard InChI is InChI=1S/C25H36N2O6/c1-3-21(7-6-20(2)28)18-24(30)26-12-4-14-32-16-17-33-15-5-13-27-25(31)19-22-8-10-23(29)11-9-22/h3,6-11,28-29H,2,4-5,12-19H2,1H3,(H,26,30)(H,27,31)/b7-6-,21-3+. The number of phenols is 1. The van der Waals surface area contributed by atoms with E-state index < -0.39 is 0 Å². The number of phenolic OH excluding ortho intramolecular Hbond substituents is 1. The van der Waals surface area contributed by atoms with Gasteiger partial charge in [-0.05, 0) is 49.1 Å². The lowest BCUT2D eigenvalue weighted by Gasteiger charge is -2.08.